The molecule has 0 amide bonds. The summed E-state index contributed by atoms with van der Waals surface area (Å²) < 4.78 is 16.8. The van der Waals surface area contributed by atoms with E-state index in [0.717, 1.165) is 16.9 Å². The van der Waals surface area contributed by atoms with Gasteiger partial charge in [0.15, 0.2) is 0 Å². The molecule has 4 aromatic carbocycles. The molecule has 0 aliphatic heterocycles. The van der Waals surface area contributed by atoms with Crippen molar-refractivity contribution >= 4 is 18.0 Å². The molecule has 0 fully saturated rings. The molecule has 0 saturated carbocycles. The average Bonchev–Trinajstić information content (AvgIpc) is 2.96. The van der Waals surface area contributed by atoms with Gasteiger partial charge in [0, 0.05) is 13.1 Å². The summed E-state index contributed by atoms with van der Waals surface area (Å²) in [5, 5.41) is 9.52. The fraction of sp³-hybridized carbons (Fsp3) is 0.152. The predicted molar refractivity (Wildman–Crippen MR) is 153 cm³/mol. The van der Waals surface area contributed by atoms with Gasteiger partial charge < -0.3 is 19.3 Å². The zero-order valence-corrected chi connectivity index (χ0v) is 22.2. The molecule has 40 heavy (non-hydrogen) atoms. The molecule has 7 heteroatoms. The first-order valence-corrected chi connectivity index (χ1v) is 12.8. The summed E-state index contributed by atoms with van der Waals surface area (Å²) in [5.41, 5.74) is 1.76. The number of hydrogen-bond acceptors (Lipinski definition) is 6. The Bertz CT molecular complexity index is 1420. The van der Waals surface area contributed by atoms with Crippen molar-refractivity contribution in [2.45, 2.75) is 19.0 Å². The molecule has 7 nitrogen and oxygen atoms in total. The van der Waals surface area contributed by atoms with E-state index in [0.29, 0.717) is 30.3 Å². The van der Waals surface area contributed by atoms with Crippen LogP contribution in [0.3, 0.4) is 0 Å². The molecule has 1 atom stereocenters. The number of carboxylic acid groups (broad SMARTS) is 1. The highest BCUT2D eigenvalue weighted by Crippen LogP contribution is 2.24. The standard InChI is InChI=1S/C33H31NO6/c1-38-33(37)31(23-32(35)36)34(24-26-12-9-19-30(22-26)40-28-16-6-3-7-17-28)20-10-13-25-11-8-18-29(21-25)39-27-14-4-2-5-15-27/h2-19,21-22,31H,20,23-24H2,1H3,(H,35,36)/b13-10+/t31-/m0/s1. The fourth-order valence-corrected chi connectivity index (χ4v) is 4.16. The lowest BCUT2D eigenvalue weighted by Crippen LogP contribution is -2.43. The molecule has 1 N–H and O–H groups in total. The molecule has 4 aromatic rings. The van der Waals surface area contributed by atoms with Crippen LogP contribution in [0, 0.1) is 0 Å². The molecule has 0 aliphatic carbocycles. The third-order valence-electron chi connectivity index (χ3n) is 6.03. The van der Waals surface area contributed by atoms with E-state index in [4.69, 9.17) is 14.2 Å². The number of carboxylic acids is 1. The third-order valence-corrected chi connectivity index (χ3v) is 6.03. The van der Waals surface area contributed by atoms with E-state index < -0.39 is 18.0 Å². The summed E-state index contributed by atoms with van der Waals surface area (Å²) in [6.07, 6.45) is 3.42. The highest BCUT2D eigenvalue weighted by molar-refractivity contribution is 5.82. The van der Waals surface area contributed by atoms with Gasteiger partial charge in [-0.15, -0.1) is 0 Å². The zero-order valence-electron chi connectivity index (χ0n) is 22.2. The Morgan fingerprint density at radius 2 is 1.35 bits per heavy atom. The fourth-order valence-electron chi connectivity index (χ4n) is 4.16. The normalized spacial score (nSPS) is 11.8. The van der Waals surface area contributed by atoms with Crippen LogP contribution in [0.2, 0.25) is 0 Å². The molecule has 0 radical (unpaired) electrons. The second kappa shape index (κ2) is 14.3. The molecular formula is C33H31NO6. The molecule has 0 spiro atoms. The lowest BCUT2D eigenvalue weighted by molar-refractivity contribution is -0.152. The molecule has 204 valence electrons. The minimum atomic E-state index is -1.09. The highest BCUT2D eigenvalue weighted by atomic mass is 16.5. The summed E-state index contributed by atoms with van der Waals surface area (Å²) in [4.78, 5) is 26.1. The van der Waals surface area contributed by atoms with E-state index in [2.05, 4.69) is 0 Å². The Balaban J connectivity index is 1.52. The summed E-state index contributed by atoms with van der Waals surface area (Å²) >= 11 is 0. The Kier molecular flexibility index (Phi) is 10.1. The molecule has 0 heterocycles. The Labute approximate surface area is 233 Å². The number of aliphatic carboxylic acids is 1. The average molecular weight is 538 g/mol. The quantitative estimate of drug-likeness (QED) is 0.188. The monoisotopic (exact) mass is 537 g/mol. The van der Waals surface area contributed by atoms with Crippen LogP contribution in [0.15, 0.2) is 115 Å². The van der Waals surface area contributed by atoms with Crippen molar-refractivity contribution in [1.82, 2.24) is 4.90 Å². The molecule has 0 saturated heterocycles. The van der Waals surface area contributed by atoms with Gasteiger partial charge in [-0.05, 0) is 59.7 Å². The number of methoxy groups -OCH3 is 1. The maximum Gasteiger partial charge on any atom is 0.323 e. The summed E-state index contributed by atoms with van der Waals surface area (Å²) in [6, 6.07) is 33.1. The van der Waals surface area contributed by atoms with E-state index in [9.17, 15) is 14.7 Å². The Morgan fingerprint density at radius 1 is 0.775 bits per heavy atom. The number of rotatable bonds is 13. The van der Waals surface area contributed by atoms with Gasteiger partial charge in [-0.2, -0.15) is 0 Å². The highest BCUT2D eigenvalue weighted by Gasteiger charge is 2.29. The minimum absolute atomic E-state index is 0.306. The topological polar surface area (TPSA) is 85.3 Å². The van der Waals surface area contributed by atoms with Crippen molar-refractivity contribution in [1.29, 1.82) is 0 Å². The SMILES string of the molecule is COC(=O)[C@H](CC(=O)O)N(C/C=C/c1cccc(Oc2ccccc2)c1)Cc1cccc(Oc2ccccc2)c1. The maximum atomic E-state index is 12.6. The van der Waals surface area contributed by atoms with E-state index in [1.165, 1.54) is 7.11 Å². The van der Waals surface area contributed by atoms with E-state index >= 15 is 0 Å². The van der Waals surface area contributed by atoms with Gasteiger partial charge in [0.1, 0.15) is 29.0 Å². The number of hydrogen-bond donors (Lipinski definition) is 1. The van der Waals surface area contributed by atoms with Crippen molar-refractivity contribution in [2.24, 2.45) is 0 Å². The molecule has 0 unspecified atom stereocenters. The van der Waals surface area contributed by atoms with Crippen LogP contribution in [0.25, 0.3) is 6.08 Å². The zero-order chi connectivity index (χ0) is 28.2. The first-order chi connectivity index (χ1) is 19.5. The molecule has 0 bridgehead atoms. The van der Waals surface area contributed by atoms with Crippen molar-refractivity contribution < 1.29 is 28.9 Å². The minimum Gasteiger partial charge on any atom is -0.481 e. The molecule has 0 aliphatic rings. The second-order valence-electron chi connectivity index (χ2n) is 9.02. The second-order valence-corrected chi connectivity index (χ2v) is 9.02. The summed E-state index contributed by atoms with van der Waals surface area (Å²) in [6.45, 7) is 0.612. The number of ether oxygens (including phenoxy) is 3. The van der Waals surface area contributed by atoms with Crippen molar-refractivity contribution in [2.75, 3.05) is 13.7 Å². The van der Waals surface area contributed by atoms with Crippen molar-refractivity contribution in [3.8, 4) is 23.0 Å². The number of benzene rings is 4. The van der Waals surface area contributed by atoms with Crippen LogP contribution >= 0.6 is 0 Å². The van der Waals surface area contributed by atoms with Gasteiger partial charge >= 0.3 is 11.9 Å². The van der Waals surface area contributed by atoms with E-state index in [1.807, 2.05) is 121 Å². The number of nitrogens with zero attached hydrogens (tertiary/aromatic N) is 1. The van der Waals surface area contributed by atoms with Gasteiger partial charge in [-0.3, -0.25) is 14.5 Å². The molecule has 4 rings (SSSR count). The van der Waals surface area contributed by atoms with Crippen LogP contribution in [-0.2, 0) is 20.9 Å². The Morgan fingerprint density at radius 3 is 1.95 bits per heavy atom. The first kappa shape index (κ1) is 28.1. The van der Waals surface area contributed by atoms with Gasteiger partial charge in [0.05, 0.1) is 13.5 Å². The van der Waals surface area contributed by atoms with E-state index in [-0.39, 0.29) is 6.42 Å². The summed E-state index contributed by atoms with van der Waals surface area (Å²) in [5.74, 6) is 1.09. The molecular weight excluding hydrogens is 506 g/mol. The van der Waals surface area contributed by atoms with Gasteiger partial charge in [0.2, 0.25) is 0 Å². The Hall–Kier alpha value is -4.88. The van der Waals surface area contributed by atoms with Crippen LogP contribution in [0.1, 0.15) is 17.5 Å². The number of esters is 1. The van der Waals surface area contributed by atoms with Crippen molar-refractivity contribution in [3.05, 3.63) is 126 Å². The lowest BCUT2D eigenvalue weighted by atomic mass is 10.1. The maximum absolute atomic E-state index is 12.6. The first-order valence-electron chi connectivity index (χ1n) is 12.8. The summed E-state index contributed by atoms with van der Waals surface area (Å²) in [7, 11) is 1.26. The van der Waals surface area contributed by atoms with Gasteiger partial charge in [-0.1, -0.05) is 72.8 Å². The van der Waals surface area contributed by atoms with E-state index in [1.54, 1.807) is 4.90 Å². The van der Waals surface area contributed by atoms with Crippen LogP contribution < -0.4 is 9.47 Å². The smallest absolute Gasteiger partial charge is 0.323 e. The third kappa shape index (κ3) is 8.58. The number of carbonyl (C=O) groups is 2. The van der Waals surface area contributed by atoms with Gasteiger partial charge in [-0.25, -0.2) is 0 Å². The lowest BCUT2D eigenvalue weighted by Gasteiger charge is -2.28. The van der Waals surface area contributed by atoms with Crippen LogP contribution in [0.5, 0.6) is 23.0 Å². The predicted octanol–water partition coefficient (Wildman–Crippen LogP) is 6.80. The number of para-hydroxylation sites is 2. The van der Waals surface area contributed by atoms with Crippen LogP contribution in [0.4, 0.5) is 0 Å². The van der Waals surface area contributed by atoms with Crippen LogP contribution in [-0.4, -0.2) is 41.6 Å². The van der Waals surface area contributed by atoms with Crippen molar-refractivity contribution in [3.63, 3.8) is 0 Å². The molecule has 0 aromatic heterocycles. The van der Waals surface area contributed by atoms with Gasteiger partial charge in [0.25, 0.3) is 0 Å². The number of carbonyl (C=O) groups excluding carboxylic acids is 1. The largest absolute Gasteiger partial charge is 0.481 e.